The summed E-state index contributed by atoms with van der Waals surface area (Å²) in [7, 11) is 5.61. The van der Waals surface area contributed by atoms with Crippen molar-refractivity contribution in [1.82, 2.24) is 4.90 Å². The van der Waals surface area contributed by atoms with Crippen LogP contribution in [0.4, 0.5) is 0 Å². The van der Waals surface area contributed by atoms with Gasteiger partial charge in [-0.1, -0.05) is 23.2 Å². The highest BCUT2D eigenvalue weighted by Gasteiger charge is 2.10. The van der Waals surface area contributed by atoms with Crippen LogP contribution in [0.1, 0.15) is 6.42 Å². The Labute approximate surface area is 124 Å². The van der Waals surface area contributed by atoms with E-state index in [9.17, 15) is 0 Å². The van der Waals surface area contributed by atoms with Crippen LogP contribution in [-0.4, -0.2) is 39.3 Å². The van der Waals surface area contributed by atoms with Gasteiger partial charge < -0.3 is 14.4 Å². The number of hydrogen-bond donors (Lipinski definition) is 0. The van der Waals surface area contributed by atoms with Gasteiger partial charge in [-0.3, -0.25) is 0 Å². The van der Waals surface area contributed by atoms with E-state index in [0.717, 1.165) is 13.0 Å². The van der Waals surface area contributed by atoms with Crippen LogP contribution >= 0.6 is 35.6 Å². The van der Waals surface area contributed by atoms with Crippen molar-refractivity contribution < 1.29 is 9.47 Å². The Morgan fingerprint density at radius 2 is 1.89 bits per heavy atom. The Bertz CT molecular complexity index is 373. The summed E-state index contributed by atoms with van der Waals surface area (Å²) in [6, 6.07) is 3.34. The van der Waals surface area contributed by atoms with Crippen molar-refractivity contribution in [2.24, 2.45) is 0 Å². The first-order chi connectivity index (χ1) is 8.04. The van der Waals surface area contributed by atoms with E-state index in [-0.39, 0.29) is 12.4 Å². The predicted molar refractivity (Wildman–Crippen MR) is 78.9 cm³/mol. The SMILES string of the molecule is COc1c(Cl)cc(Cl)cc1OCCCN(C)C.Cl. The summed E-state index contributed by atoms with van der Waals surface area (Å²) in [5.74, 6) is 1.12. The zero-order chi connectivity index (χ0) is 12.8. The lowest BCUT2D eigenvalue weighted by Gasteiger charge is -2.13. The second-order valence-electron chi connectivity index (χ2n) is 3.92. The van der Waals surface area contributed by atoms with E-state index in [4.69, 9.17) is 32.7 Å². The van der Waals surface area contributed by atoms with Gasteiger partial charge in [-0.15, -0.1) is 12.4 Å². The molecule has 0 aliphatic rings. The van der Waals surface area contributed by atoms with E-state index in [0.29, 0.717) is 28.2 Å². The number of methoxy groups -OCH3 is 1. The largest absolute Gasteiger partial charge is 0.491 e. The molecule has 6 heteroatoms. The van der Waals surface area contributed by atoms with Gasteiger partial charge in [-0.05, 0) is 26.6 Å². The number of benzene rings is 1. The average molecular weight is 315 g/mol. The van der Waals surface area contributed by atoms with Gasteiger partial charge in [-0.25, -0.2) is 0 Å². The molecular weight excluding hydrogens is 296 g/mol. The normalized spacial score (nSPS) is 10.1. The van der Waals surface area contributed by atoms with E-state index in [1.54, 1.807) is 19.2 Å². The quantitative estimate of drug-likeness (QED) is 0.746. The molecule has 0 aliphatic carbocycles. The molecule has 18 heavy (non-hydrogen) atoms. The third-order valence-corrected chi connectivity index (χ3v) is 2.68. The summed E-state index contributed by atoms with van der Waals surface area (Å²) in [5.41, 5.74) is 0. The van der Waals surface area contributed by atoms with E-state index < -0.39 is 0 Å². The number of halogens is 3. The Kier molecular flexibility index (Phi) is 8.53. The Hall–Kier alpha value is -0.350. The zero-order valence-electron chi connectivity index (χ0n) is 10.7. The summed E-state index contributed by atoms with van der Waals surface area (Å²) in [6.07, 6.45) is 0.931. The van der Waals surface area contributed by atoms with Gasteiger partial charge in [0.05, 0.1) is 18.7 Å². The van der Waals surface area contributed by atoms with E-state index in [1.165, 1.54) is 0 Å². The van der Waals surface area contributed by atoms with Gasteiger partial charge >= 0.3 is 0 Å². The van der Waals surface area contributed by atoms with E-state index in [2.05, 4.69) is 4.90 Å². The number of hydrogen-bond acceptors (Lipinski definition) is 3. The molecule has 0 fully saturated rings. The van der Waals surface area contributed by atoms with Crippen molar-refractivity contribution in [3.8, 4) is 11.5 Å². The predicted octanol–water partition coefficient (Wildman–Crippen LogP) is 3.75. The molecule has 0 spiro atoms. The molecule has 0 bridgehead atoms. The molecule has 1 rings (SSSR count). The molecule has 0 unspecified atom stereocenters. The molecule has 104 valence electrons. The first kappa shape index (κ1) is 17.6. The van der Waals surface area contributed by atoms with Crippen LogP contribution in [0.25, 0.3) is 0 Å². The minimum Gasteiger partial charge on any atom is -0.491 e. The van der Waals surface area contributed by atoms with Crippen molar-refractivity contribution in [2.45, 2.75) is 6.42 Å². The van der Waals surface area contributed by atoms with Crippen molar-refractivity contribution in [2.75, 3.05) is 34.4 Å². The van der Waals surface area contributed by atoms with E-state index >= 15 is 0 Å². The topological polar surface area (TPSA) is 21.7 Å². The van der Waals surface area contributed by atoms with Crippen molar-refractivity contribution in [3.63, 3.8) is 0 Å². The van der Waals surface area contributed by atoms with Crippen molar-refractivity contribution in [1.29, 1.82) is 0 Å². The van der Waals surface area contributed by atoms with Crippen molar-refractivity contribution >= 4 is 35.6 Å². The molecule has 3 nitrogen and oxygen atoms in total. The minimum atomic E-state index is 0. The van der Waals surface area contributed by atoms with E-state index in [1.807, 2.05) is 14.1 Å². The molecule has 0 amide bonds. The standard InChI is InChI=1S/C12H17Cl2NO2.ClH/c1-15(2)5-4-6-17-11-8-9(13)7-10(14)12(11)16-3;/h7-8H,4-6H2,1-3H3;1H. The van der Waals surface area contributed by atoms with Gasteiger partial charge in [0.2, 0.25) is 0 Å². The molecule has 0 radical (unpaired) electrons. The summed E-state index contributed by atoms with van der Waals surface area (Å²) in [5, 5.41) is 1.00. The van der Waals surface area contributed by atoms with Crippen molar-refractivity contribution in [3.05, 3.63) is 22.2 Å². The van der Waals surface area contributed by atoms with Gasteiger partial charge in [-0.2, -0.15) is 0 Å². The Balaban J connectivity index is 0.00000289. The number of rotatable bonds is 6. The molecule has 0 saturated carbocycles. The first-order valence-corrected chi connectivity index (χ1v) is 6.10. The first-order valence-electron chi connectivity index (χ1n) is 5.35. The van der Waals surface area contributed by atoms with Crippen LogP contribution in [-0.2, 0) is 0 Å². The lowest BCUT2D eigenvalue weighted by molar-refractivity contribution is 0.268. The smallest absolute Gasteiger partial charge is 0.179 e. The lowest BCUT2D eigenvalue weighted by Crippen LogP contribution is -2.15. The highest BCUT2D eigenvalue weighted by molar-refractivity contribution is 6.35. The second-order valence-corrected chi connectivity index (χ2v) is 4.77. The van der Waals surface area contributed by atoms with Crippen LogP contribution in [0, 0.1) is 0 Å². The maximum Gasteiger partial charge on any atom is 0.179 e. The molecule has 1 aromatic rings. The fraction of sp³-hybridized carbons (Fsp3) is 0.500. The second kappa shape index (κ2) is 8.70. The highest BCUT2D eigenvalue weighted by Crippen LogP contribution is 2.37. The Morgan fingerprint density at radius 3 is 2.44 bits per heavy atom. The number of nitrogens with zero attached hydrogens (tertiary/aromatic N) is 1. The molecule has 0 aromatic heterocycles. The molecular formula is C12H18Cl3NO2. The molecule has 0 heterocycles. The molecule has 0 atom stereocenters. The van der Waals surface area contributed by atoms with Crippen LogP contribution in [0.15, 0.2) is 12.1 Å². The fourth-order valence-electron chi connectivity index (χ4n) is 1.40. The summed E-state index contributed by atoms with van der Waals surface area (Å²) in [6.45, 7) is 1.57. The van der Waals surface area contributed by atoms with Crippen LogP contribution in [0.3, 0.4) is 0 Å². The van der Waals surface area contributed by atoms with Gasteiger partial charge in [0.15, 0.2) is 11.5 Å². The summed E-state index contributed by atoms with van der Waals surface area (Å²) in [4.78, 5) is 2.10. The molecule has 0 aliphatic heterocycles. The van der Waals surface area contributed by atoms with Gasteiger partial charge in [0.25, 0.3) is 0 Å². The lowest BCUT2D eigenvalue weighted by atomic mass is 10.3. The molecule has 0 saturated heterocycles. The van der Waals surface area contributed by atoms with Crippen LogP contribution in [0.2, 0.25) is 10.0 Å². The highest BCUT2D eigenvalue weighted by atomic mass is 35.5. The fourth-order valence-corrected chi connectivity index (χ4v) is 1.96. The van der Waals surface area contributed by atoms with Gasteiger partial charge in [0.1, 0.15) is 0 Å². The third kappa shape index (κ3) is 5.53. The van der Waals surface area contributed by atoms with Crippen LogP contribution in [0.5, 0.6) is 11.5 Å². The minimum absolute atomic E-state index is 0. The number of ether oxygens (including phenoxy) is 2. The van der Waals surface area contributed by atoms with Crippen LogP contribution < -0.4 is 9.47 Å². The summed E-state index contributed by atoms with van der Waals surface area (Å²) < 4.78 is 10.8. The molecule has 0 N–H and O–H groups in total. The maximum absolute atomic E-state index is 6.00. The zero-order valence-corrected chi connectivity index (χ0v) is 13.0. The third-order valence-electron chi connectivity index (χ3n) is 2.19. The Morgan fingerprint density at radius 1 is 1.22 bits per heavy atom. The average Bonchev–Trinajstić information content (AvgIpc) is 2.23. The molecule has 1 aromatic carbocycles. The monoisotopic (exact) mass is 313 g/mol. The summed E-state index contributed by atoms with van der Waals surface area (Å²) >= 11 is 11.9. The maximum atomic E-state index is 6.00. The van der Waals surface area contributed by atoms with Gasteiger partial charge in [0, 0.05) is 17.6 Å².